The topological polar surface area (TPSA) is 29.5 Å². The van der Waals surface area contributed by atoms with Gasteiger partial charge in [-0.1, -0.05) is 6.92 Å². The van der Waals surface area contributed by atoms with Gasteiger partial charge in [0.25, 0.3) is 0 Å². The Kier molecular flexibility index (Phi) is 5.59. The molecule has 1 fully saturated rings. The van der Waals surface area contributed by atoms with Crippen LogP contribution in [-0.2, 0) is 9.53 Å². The second-order valence-electron chi connectivity index (χ2n) is 7.53. The largest absolute Gasteiger partial charge is 0.459 e. The molecule has 0 aromatic heterocycles. The summed E-state index contributed by atoms with van der Waals surface area (Å²) in [6.45, 7) is 9.97. The highest BCUT2D eigenvalue weighted by Crippen LogP contribution is 2.35. The van der Waals surface area contributed by atoms with E-state index in [2.05, 4.69) is 6.92 Å². The van der Waals surface area contributed by atoms with Gasteiger partial charge in [0, 0.05) is 5.54 Å². The fraction of sp³-hybridized carbons (Fsp3) is 0.938. The quantitative estimate of drug-likeness (QED) is 0.587. The molecule has 4 heteroatoms. The standard InChI is InChI=1S/C16H30FNO2/c1-12-10-16(5,9-7-8-13(12)17)18(6)11-14(19)20-15(2,3)4/h12-13H,7-11H2,1-6H3/t12-,13?,16-/m0/s1. The zero-order chi connectivity index (χ0) is 15.6. The molecule has 0 aromatic carbocycles. The number of halogens is 1. The van der Waals surface area contributed by atoms with E-state index in [1.165, 1.54) is 0 Å². The number of esters is 1. The van der Waals surface area contributed by atoms with Crippen LogP contribution in [0.2, 0.25) is 0 Å². The minimum absolute atomic E-state index is 0.0450. The highest BCUT2D eigenvalue weighted by Gasteiger charge is 2.37. The Morgan fingerprint density at radius 3 is 2.60 bits per heavy atom. The Labute approximate surface area is 122 Å². The molecule has 1 aliphatic rings. The molecule has 3 atom stereocenters. The third kappa shape index (κ3) is 5.04. The van der Waals surface area contributed by atoms with Gasteiger partial charge >= 0.3 is 5.97 Å². The lowest BCUT2D eigenvalue weighted by atomic mass is 9.86. The second kappa shape index (κ2) is 6.42. The van der Waals surface area contributed by atoms with Crippen LogP contribution < -0.4 is 0 Å². The molecule has 3 nitrogen and oxygen atoms in total. The number of carbonyl (C=O) groups is 1. The maximum absolute atomic E-state index is 13.8. The van der Waals surface area contributed by atoms with Crippen LogP contribution in [-0.4, -0.2) is 41.8 Å². The summed E-state index contributed by atoms with van der Waals surface area (Å²) in [6, 6.07) is 0. The van der Waals surface area contributed by atoms with Crippen LogP contribution in [0, 0.1) is 5.92 Å². The molecule has 1 aliphatic carbocycles. The van der Waals surface area contributed by atoms with Crippen LogP contribution in [0.1, 0.15) is 60.3 Å². The normalized spacial score (nSPS) is 32.0. The molecule has 0 radical (unpaired) electrons. The number of likely N-dealkylation sites (N-methyl/N-ethyl adjacent to an activating group) is 1. The maximum atomic E-state index is 13.8. The summed E-state index contributed by atoms with van der Waals surface area (Å²) < 4.78 is 19.2. The molecular weight excluding hydrogens is 257 g/mol. The highest BCUT2D eigenvalue weighted by atomic mass is 19.1. The number of hydrogen-bond donors (Lipinski definition) is 0. The Bertz CT molecular complexity index is 340. The number of hydrogen-bond acceptors (Lipinski definition) is 3. The molecule has 1 unspecified atom stereocenters. The lowest BCUT2D eigenvalue weighted by Gasteiger charge is -2.39. The van der Waals surface area contributed by atoms with Crippen molar-refractivity contribution in [1.82, 2.24) is 4.90 Å². The van der Waals surface area contributed by atoms with Crippen LogP contribution in [0.25, 0.3) is 0 Å². The molecule has 0 saturated heterocycles. The average molecular weight is 287 g/mol. The van der Waals surface area contributed by atoms with E-state index in [-0.39, 0.29) is 24.0 Å². The van der Waals surface area contributed by atoms with Gasteiger partial charge in [-0.3, -0.25) is 9.69 Å². The van der Waals surface area contributed by atoms with Crippen molar-refractivity contribution in [2.24, 2.45) is 5.92 Å². The van der Waals surface area contributed by atoms with Crippen LogP contribution in [0.15, 0.2) is 0 Å². The predicted octanol–water partition coefficient (Wildman–Crippen LogP) is 3.57. The summed E-state index contributed by atoms with van der Waals surface area (Å²) in [6.07, 6.45) is 2.51. The fourth-order valence-corrected chi connectivity index (χ4v) is 2.99. The van der Waals surface area contributed by atoms with Crippen LogP contribution in [0.5, 0.6) is 0 Å². The molecule has 118 valence electrons. The molecule has 0 amide bonds. The van der Waals surface area contributed by atoms with Gasteiger partial charge in [-0.15, -0.1) is 0 Å². The van der Waals surface area contributed by atoms with Gasteiger partial charge in [0.1, 0.15) is 11.8 Å². The fourth-order valence-electron chi connectivity index (χ4n) is 2.99. The minimum Gasteiger partial charge on any atom is -0.459 e. The van der Waals surface area contributed by atoms with Gasteiger partial charge in [-0.2, -0.15) is 0 Å². The van der Waals surface area contributed by atoms with Crippen molar-refractivity contribution in [3.8, 4) is 0 Å². The van der Waals surface area contributed by atoms with Gasteiger partial charge in [0.2, 0.25) is 0 Å². The van der Waals surface area contributed by atoms with E-state index >= 15 is 0 Å². The molecular formula is C16H30FNO2. The number of carbonyl (C=O) groups excluding carboxylic acids is 1. The summed E-state index contributed by atoms with van der Waals surface area (Å²) in [5.41, 5.74) is -0.587. The minimum atomic E-state index is -0.716. The molecule has 20 heavy (non-hydrogen) atoms. The number of ether oxygens (including phenoxy) is 1. The van der Waals surface area contributed by atoms with Crippen molar-refractivity contribution < 1.29 is 13.9 Å². The number of rotatable bonds is 3. The summed E-state index contributed by atoms with van der Waals surface area (Å²) >= 11 is 0. The van der Waals surface area contributed by atoms with Crippen LogP contribution in [0.3, 0.4) is 0 Å². The first-order valence-corrected chi connectivity index (χ1v) is 7.61. The summed E-state index contributed by atoms with van der Waals surface area (Å²) in [7, 11) is 1.94. The average Bonchev–Trinajstić information content (AvgIpc) is 2.37. The molecule has 1 saturated carbocycles. The van der Waals surface area contributed by atoms with E-state index in [0.29, 0.717) is 6.42 Å². The first-order chi connectivity index (χ1) is 9.03. The Hall–Kier alpha value is -0.640. The molecule has 0 aliphatic heterocycles. The van der Waals surface area contributed by atoms with Crippen LogP contribution in [0.4, 0.5) is 4.39 Å². The molecule has 0 heterocycles. The predicted molar refractivity (Wildman–Crippen MR) is 79.4 cm³/mol. The summed E-state index contributed by atoms with van der Waals surface area (Å²) in [5.74, 6) is -0.168. The van der Waals surface area contributed by atoms with Crippen molar-refractivity contribution in [1.29, 1.82) is 0 Å². The van der Waals surface area contributed by atoms with Gasteiger partial charge in [0.05, 0.1) is 6.54 Å². The van der Waals surface area contributed by atoms with Gasteiger partial charge in [0.15, 0.2) is 0 Å². The van der Waals surface area contributed by atoms with E-state index in [1.807, 2.05) is 39.6 Å². The second-order valence-corrected chi connectivity index (χ2v) is 7.53. The number of alkyl halides is 1. The smallest absolute Gasteiger partial charge is 0.320 e. The van der Waals surface area contributed by atoms with E-state index in [0.717, 1.165) is 19.3 Å². The Balaban J connectivity index is 2.64. The molecule has 0 aromatic rings. The van der Waals surface area contributed by atoms with Crippen molar-refractivity contribution in [2.45, 2.75) is 77.6 Å². The molecule has 0 bridgehead atoms. The zero-order valence-corrected chi connectivity index (χ0v) is 13.8. The molecule has 1 rings (SSSR count). The first-order valence-electron chi connectivity index (χ1n) is 7.61. The van der Waals surface area contributed by atoms with Gasteiger partial charge in [-0.05, 0) is 66.3 Å². The van der Waals surface area contributed by atoms with Crippen molar-refractivity contribution >= 4 is 5.97 Å². The third-order valence-electron chi connectivity index (χ3n) is 4.28. The van der Waals surface area contributed by atoms with E-state index < -0.39 is 11.8 Å². The first kappa shape index (κ1) is 17.4. The third-order valence-corrected chi connectivity index (χ3v) is 4.28. The Morgan fingerprint density at radius 1 is 1.45 bits per heavy atom. The monoisotopic (exact) mass is 287 g/mol. The van der Waals surface area contributed by atoms with Crippen LogP contribution >= 0.6 is 0 Å². The van der Waals surface area contributed by atoms with Gasteiger partial charge < -0.3 is 4.74 Å². The van der Waals surface area contributed by atoms with Crippen molar-refractivity contribution in [3.63, 3.8) is 0 Å². The zero-order valence-electron chi connectivity index (χ0n) is 13.8. The molecule has 0 spiro atoms. The Morgan fingerprint density at radius 2 is 2.05 bits per heavy atom. The van der Waals surface area contributed by atoms with Crippen molar-refractivity contribution in [2.75, 3.05) is 13.6 Å². The SMILES string of the molecule is C[C@H]1C[C@@](C)(N(C)CC(=O)OC(C)(C)C)CCCC1F. The van der Waals surface area contributed by atoms with E-state index in [1.54, 1.807) is 0 Å². The molecule has 0 N–H and O–H groups in total. The lowest BCUT2D eigenvalue weighted by molar-refractivity contribution is -0.157. The van der Waals surface area contributed by atoms with E-state index in [4.69, 9.17) is 4.74 Å². The van der Waals surface area contributed by atoms with E-state index in [9.17, 15) is 9.18 Å². The number of nitrogens with zero attached hydrogens (tertiary/aromatic N) is 1. The van der Waals surface area contributed by atoms with Crippen molar-refractivity contribution in [3.05, 3.63) is 0 Å². The lowest BCUT2D eigenvalue weighted by Crippen LogP contribution is -2.48. The highest BCUT2D eigenvalue weighted by molar-refractivity contribution is 5.72. The summed E-state index contributed by atoms with van der Waals surface area (Å²) in [4.78, 5) is 14.0. The van der Waals surface area contributed by atoms with Gasteiger partial charge in [-0.25, -0.2) is 4.39 Å². The maximum Gasteiger partial charge on any atom is 0.320 e. The summed E-state index contributed by atoms with van der Waals surface area (Å²) in [5, 5.41) is 0.